The lowest BCUT2D eigenvalue weighted by Gasteiger charge is -2.12. The molecular formula is C13H13Cl2N3. The minimum atomic E-state index is 0.480. The third kappa shape index (κ3) is 1.91. The molecule has 0 saturated carbocycles. The van der Waals surface area contributed by atoms with Crippen molar-refractivity contribution in [2.45, 2.75) is 32.2 Å². The third-order valence-corrected chi connectivity index (χ3v) is 4.13. The summed E-state index contributed by atoms with van der Waals surface area (Å²) in [5, 5.41) is 10.1. The largest absolute Gasteiger partial charge is 0.314 e. The molecule has 18 heavy (non-hydrogen) atoms. The molecule has 1 aliphatic heterocycles. The molecule has 3 rings (SSSR count). The number of rotatable bonds is 0. The predicted octanol–water partition coefficient (Wildman–Crippen LogP) is 3.55. The van der Waals surface area contributed by atoms with E-state index in [0.29, 0.717) is 15.5 Å². The zero-order chi connectivity index (χ0) is 12.7. The second-order valence-electron chi connectivity index (χ2n) is 4.62. The van der Waals surface area contributed by atoms with Crippen molar-refractivity contribution in [1.82, 2.24) is 9.55 Å². The normalized spacial score (nSPS) is 15.4. The quantitative estimate of drug-likeness (QED) is 0.788. The maximum absolute atomic E-state index is 8.30. The van der Waals surface area contributed by atoms with E-state index >= 15 is 0 Å². The molecule has 1 N–H and O–H groups in total. The van der Waals surface area contributed by atoms with Gasteiger partial charge in [-0.25, -0.2) is 4.98 Å². The van der Waals surface area contributed by atoms with Crippen LogP contribution < -0.4 is 5.49 Å². The van der Waals surface area contributed by atoms with Crippen LogP contribution in [0, 0.1) is 5.41 Å². The third-order valence-electron chi connectivity index (χ3n) is 3.41. The number of nitrogens with zero attached hydrogens (tertiary/aromatic N) is 2. The van der Waals surface area contributed by atoms with Gasteiger partial charge >= 0.3 is 0 Å². The molecule has 0 spiro atoms. The molecule has 94 valence electrons. The second-order valence-corrected chi connectivity index (χ2v) is 5.44. The van der Waals surface area contributed by atoms with E-state index in [1.807, 2.05) is 4.57 Å². The Kier molecular flexibility index (Phi) is 3.04. The summed E-state index contributed by atoms with van der Waals surface area (Å²) in [6.07, 6.45) is 4.38. The molecule has 0 bridgehead atoms. The van der Waals surface area contributed by atoms with E-state index in [0.717, 1.165) is 42.5 Å². The Morgan fingerprint density at radius 1 is 1.11 bits per heavy atom. The van der Waals surface area contributed by atoms with Crippen molar-refractivity contribution in [3.05, 3.63) is 33.5 Å². The summed E-state index contributed by atoms with van der Waals surface area (Å²) < 4.78 is 2.00. The molecule has 0 atom stereocenters. The van der Waals surface area contributed by atoms with Crippen molar-refractivity contribution < 1.29 is 0 Å². The lowest BCUT2D eigenvalue weighted by molar-refractivity contribution is 0.602. The molecule has 1 aliphatic rings. The van der Waals surface area contributed by atoms with Crippen LogP contribution in [0.1, 0.15) is 25.1 Å². The van der Waals surface area contributed by atoms with Crippen LogP contribution in [0.25, 0.3) is 10.9 Å². The lowest BCUT2D eigenvalue weighted by Crippen LogP contribution is -2.24. The van der Waals surface area contributed by atoms with Crippen LogP contribution in [0.3, 0.4) is 0 Å². The Morgan fingerprint density at radius 2 is 1.89 bits per heavy atom. The molecule has 2 aromatic rings. The molecule has 0 saturated heterocycles. The van der Waals surface area contributed by atoms with E-state index < -0.39 is 0 Å². The summed E-state index contributed by atoms with van der Waals surface area (Å²) in [6.45, 7) is 0.872. The van der Waals surface area contributed by atoms with Gasteiger partial charge in [-0.05, 0) is 25.0 Å². The van der Waals surface area contributed by atoms with Crippen LogP contribution >= 0.6 is 23.2 Å². The van der Waals surface area contributed by atoms with Gasteiger partial charge in [-0.3, -0.25) is 5.41 Å². The van der Waals surface area contributed by atoms with Crippen LogP contribution in [0.15, 0.2) is 12.1 Å². The highest BCUT2D eigenvalue weighted by molar-refractivity contribution is 6.42. The zero-order valence-electron chi connectivity index (χ0n) is 9.84. The van der Waals surface area contributed by atoms with E-state index in [1.54, 1.807) is 12.1 Å². The summed E-state index contributed by atoms with van der Waals surface area (Å²) in [5.41, 5.74) is 1.26. The average molecular weight is 282 g/mol. The van der Waals surface area contributed by atoms with Crippen molar-refractivity contribution in [2.75, 3.05) is 0 Å². The maximum Gasteiger partial charge on any atom is 0.135 e. The molecule has 0 aliphatic carbocycles. The Bertz CT molecular complexity index is 676. The summed E-state index contributed by atoms with van der Waals surface area (Å²) in [7, 11) is 0. The summed E-state index contributed by atoms with van der Waals surface area (Å²) in [4.78, 5) is 4.64. The van der Waals surface area contributed by atoms with E-state index in [4.69, 9.17) is 28.6 Å². The van der Waals surface area contributed by atoms with E-state index in [9.17, 15) is 0 Å². The molecule has 0 radical (unpaired) electrons. The number of fused-ring (bicyclic) bond motifs is 2. The fourth-order valence-corrected chi connectivity index (χ4v) is 2.78. The number of nitrogens with one attached hydrogen (secondary N) is 1. The minimum Gasteiger partial charge on any atom is -0.314 e. The Labute approximate surface area is 115 Å². The van der Waals surface area contributed by atoms with Crippen molar-refractivity contribution in [1.29, 1.82) is 5.41 Å². The highest BCUT2D eigenvalue weighted by Crippen LogP contribution is 2.26. The topological polar surface area (TPSA) is 41.7 Å². The van der Waals surface area contributed by atoms with Gasteiger partial charge in [-0.15, -0.1) is 0 Å². The average Bonchev–Trinajstić information content (AvgIpc) is 2.58. The van der Waals surface area contributed by atoms with Gasteiger partial charge in [-0.1, -0.05) is 29.6 Å². The summed E-state index contributed by atoms with van der Waals surface area (Å²) in [6, 6.07) is 3.50. The molecule has 0 unspecified atom stereocenters. The van der Waals surface area contributed by atoms with Crippen molar-refractivity contribution in [2.24, 2.45) is 0 Å². The Balaban J connectivity index is 2.35. The van der Waals surface area contributed by atoms with Crippen molar-refractivity contribution in [3.8, 4) is 0 Å². The summed E-state index contributed by atoms with van der Waals surface area (Å²) in [5.74, 6) is 0.989. The van der Waals surface area contributed by atoms with Gasteiger partial charge in [0.25, 0.3) is 0 Å². The first-order chi connectivity index (χ1) is 8.66. The second kappa shape index (κ2) is 4.56. The van der Waals surface area contributed by atoms with E-state index in [-0.39, 0.29) is 0 Å². The van der Waals surface area contributed by atoms with Crippen molar-refractivity contribution >= 4 is 34.1 Å². The molecule has 5 heteroatoms. The van der Waals surface area contributed by atoms with Crippen molar-refractivity contribution in [3.63, 3.8) is 0 Å². The number of aryl methyl sites for hydroxylation is 1. The SMILES string of the molecule is N=c1c2cc(Cl)c(Cl)cc2nc2n1CCCCC2. The molecule has 0 fully saturated rings. The molecule has 1 aromatic carbocycles. The summed E-state index contributed by atoms with van der Waals surface area (Å²) >= 11 is 12.0. The van der Waals surface area contributed by atoms with Gasteiger partial charge in [0.1, 0.15) is 11.3 Å². The zero-order valence-corrected chi connectivity index (χ0v) is 11.4. The van der Waals surface area contributed by atoms with E-state index in [2.05, 4.69) is 4.98 Å². The highest BCUT2D eigenvalue weighted by Gasteiger charge is 2.13. The van der Waals surface area contributed by atoms with Gasteiger partial charge in [0.05, 0.1) is 15.6 Å². The van der Waals surface area contributed by atoms with Crippen LogP contribution in [-0.2, 0) is 13.0 Å². The molecular weight excluding hydrogens is 269 g/mol. The van der Waals surface area contributed by atoms with Gasteiger partial charge in [0.15, 0.2) is 0 Å². The number of hydrogen-bond donors (Lipinski definition) is 1. The Hall–Kier alpha value is -1.06. The molecule has 3 nitrogen and oxygen atoms in total. The van der Waals surface area contributed by atoms with Gasteiger partial charge in [0.2, 0.25) is 0 Å². The fourth-order valence-electron chi connectivity index (χ4n) is 2.45. The number of hydrogen-bond acceptors (Lipinski definition) is 2. The van der Waals surface area contributed by atoms with Gasteiger partial charge < -0.3 is 4.57 Å². The van der Waals surface area contributed by atoms with Gasteiger partial charge in [0, 0.05) is 18.4 Å². The predicted molar refractivity (Wildman–Crippen MR) is 73.2 cm³/mol. The fraction of sp³-hybridized carbons (Fsp3) is 0.385. The van der Waals surface area contributed by atoms with E-state index in [1.165, 1.54) is 6.42 Å². The smallest absolute Gasteiger partial charge is 0.135 e. The first kappa shape index (κ1) is 12.0. The minimum absolute atomic E-state index is 0.480. The van der Waals surface area contributed by atoms with Crippen LogP contribution in [0.4, 0.5) is 0 Å². The monoisotopic (exact) mass is 281 g/mol. The number of benzene rings is 1. The Morgan fingerprint density at radius 3 is 2.72 bits per heavy atom. The van der Waals surface area contributed by atoms with Crippen LogP contribution in [0.2, 0.25) is 10.0 Å². The molecule has 1 aromatic heterocycles. The standard InChI is InChI=1S/C13H13Cl2N3/c14-9-6-8-11(7-10(9)15)17-12-4-2-1-3-5-18(12)13(8)16/h6-7,16H,1-5H2. The lowest BCUT2D eigenvalue weighted by atomic mass is 10.2. The number of aromatic nitrogens is 2. The molecule has 2 heterocycles. The first-order valence-electron chi connectivity index (χ1n) is 6.10. The maximum atomic E-state index is 8.30. The molecule has 0 amide bonds. The first-order valence-corrected chi connectivity index (χ1v) is 6.85. The number of halogens is 2. The van der Waals surface area contributed by atoms with Crippen LogP contribution in [0.5, 0.6) is 0 Å². The van der Waals surface area contributed by atoms with Gasteiger partial charge in [-0.2, -0.15) is 0 Å². The highest BCUT2D eigenvalue weighted by atomic mass is 35.5. The van der Waals surface area contributed by atoms with Crippen LogP contribution in [-0.4, -0.2) is 9.55 Å².